The van der Waals surface area contributed by atoms with Crippen LogP contribution in [0, 0.1) is 0 Å². The monoisotopic (exact) mass is 302 g/mol. The van der Waals surface area contributed by atoms with Crippen LogP contribution < -0.4 is 0 Å². The SMILES string of the molecule is CC(=O)O[C@H]1CO[C@@]2(COC(C)(C)O2)C(=O)[C@H]1OC(C)=O. The summed E-state index contributed by atoms with van der Waals surface area (Å²) in [6.07, 6.45) is -2.28. The van der Waals surface area contributed by atoms with Crippen molar-refractivity contribution in [1.29, 1.82) is 0 Å². The maximum atomic E-state index is 12.6. The minimum absolute atomic E-state index is 0.122. The van der Waals surface area contributed by atoms with Crippen molar-refractivity contribution < 1.29 is 38.1 Å². The van der Waals surface area contributed by atoms with Gasteiger partial charge in [0.25, 0.3) is 5.79 Å². The third-order valence-electron chi connectivity index (χ3n) is 3.08. The van der Waals surface area contributed by atoms with E-state index in [1.165, 1.54) is 6.92 Å². The predicted molar refractivity (Wildman–Crippen MR) is 65.9 cm³/mol. The van der Waals surface area contributed by atoms with E-state index in [1.54, 1.807) is 13.8 Å². The molecule has 1 spiro atoms. The Labute approximate surface area is 121 Å². The lowest BCUT2D eigenvalue weighted by Crippen LogP contribution is -2.61. The Morgan fingerprint density at radius 1 is 1.14 bits per heavy atom. The van der Waals surface area contributed by atoms with Crippen LogP contribution in [0.3, 0.4) is 0 Å². The van der Waals surface area contributed by atoms with Gasteiger partial charge in [-0.1, -0.05) is 0 Å². The average molecular weight is 302 g/mol. The molecule has 2 aliphatic rings. The van der Waals surface area contributed by atoms with E-state index in [9.17, 15) is 14.4 Å². The maximum Gasteiger partial charge on any atom is 0.303 e. The number of esters is 2. The van der Waals surface area contributed by atoms with Gasteiger partial charge in [0, 0.05) is 13.8 Å². The van der Waals surface area contributed by atoms with Crippen LogP contribution in [0.1, 0.15) is 27.7 Å². The molecule has 0 bridgehead atoms. The fourth-order valence-electron chi connectivity index (χ4n) is 2.30. The summed E-state index contributed by atoms with van der Waals surface area (Å²) < 4.78 is 26.3. The van der Waals surface area contributed by atoms with E-state index in [-0.39, 0.29) is 13.2 Å². The molecule has 8 nitrogen and oxygen atoms in total. The molecule has 2 rings (SSSR count). The van der Waals surface area contributed by atoms with E-state index in [0.717, 1.165) is 6.92 Å². The first-order chi connectivity index (χ1) is 9.65. The van der Waals surface area contributed by atoms with Gasteiger partial charge in [-0.15, -0.1) is 0 Å². The van der Waals surface area contributed by atoms with E-state index in [4.69, 9.17) is 23.7 Å². The summed E-state index contributed by atoms with van der Waals surface area (Å²) in [5.74, 6) is -4.54. The molecular formula is C13H18O8. The second-order valence-corrected chi connectivity index (χ2v) is 5.40. The smallest absolute Gasteiger partial charge is 0.303 e. The Bertz CT molecular complexity index is 471. The largest absolute Gasteiger partial charge is 0.456 e. The molecule has 0 radical (unpaired) electrons. The molecule has 0 saturated carbocycles. The molecule has 0 unspecified atom stereocenters. The van der Waals surface area contributed by atoms with Gasteiger partial charge in [-0.3, -0.25) is 14.4 Å². The Balaban J connectivity index is 2.23. The molecule has 118 valence electrons. The first-order valence-electron chi connectivity index (χ1n) is 6.52. The zero-order valence-electron chi connectivity index (χ0n) is 12.3. The van der Waals surface area contributed by atoms with Crippen LogP contribution in [0.2, 0.25) is 0 Å². The number of carbonyl (C=O) groups is 3. The van der Waals surface area contributed by atoms with Crippen molar-refractivity contribution in [2.75, 3.05) is 13.2 Å². The molecule has 0 aromatic rings. The summed E-state index contributed by atoms with van der Waals surface area (Å²) in [6.45, 7) is 5.37. The Kier molecular flexibility index (Phi) is 4.05. The van der Waals surface area contributed by atoms with Gasteiger partial charge in [-0.2, -0.15) is 0 Å². The van der Waals surface area contributed by atoms with Crippen LogP contribution in [-0.4, -0.2) is 54.7 Å². The van der Waals surface area contributed by atoms with Crippen LogP contribution in [0.15, 0.2) is 0 Å². The lowest BCUT2D eigenvalue weighted by Gasteiger charge is -2.38. The first-order valence-corrected chi connectivity index (χ1v) is 6.52. The highest BCUT2D eigenvalue weighted by Crippen LogP contribution is 2.37. The van der Waals surface area contributed by atoms with Gasteiger partial charge < -0.3 is 23.7 Å². The fraction of sp³-hybridized carbons (Fsp3) is 0.769. The topological polar surface area (TPSA) is 97.4 Å². The van der Waals surface area contributed by atoms with E-state index < -0.39 is 41.5 Å². The van der Waals surface area contributed by atoms with Crippen LogP contribution >= 0.6 is 0 Å². The molecule has 8 heteroatoms. The number of Topliss-reactive ketones (excluding diaryl/α,β-unsaturated/α-hetero) is 1. The highest BCUT2D eigenvalue weighted by molar-refractivity contribution is 5.93. The van der Waals surface area contributed by atoms with Gasteiger partial charge in [0.05, 0.1) is 6.61 Å². The van der Waals surface area contributed by atoms with Crippen molar-refractivity contribution >= 4 is 17.7 Å². The molecule has 2 saturated heterocycles. The fourth-order valence-corrected chi connectivity index (χ4v) is 2.30. The Hall–Kier alpha value is -1.51. The standard InChI is InChI=1S/C13H18O8/c1-7(14)19-9-5-17-13(6-18-12(3,4)21-13)11(16)10(9)20-8(2)15/h9-10H,5-6H2,1-4H3/t9-,10-,13+/m0/s1. The van der Waals surface area contributed by atoms with Crippen LogP contribution in [-0.2, 0) is 38.1 Å². The number of ketones is 1. The van der Waals surface area contributed by atoms with Crippen molar-refractivity contribution in [3.8, 4) is 0 Å². The molecule has 2 fully saturated rings. The van der Waals surface area contributed by atoms with Gasteiger partial charge in [0.2, 0.25) is 11.9 Å². The highest BCUT2D eigenvalue weighted by atomic mass is 16.8. The summed E-state index contributed by atoms with van der Waals surface area (Å²) in [6, 6.07) is 0. The molecule has 21 heavy (non-hydrogen) atoms. The molecule has 0 amide bonds. The summed E-state index contributed by atoms with van der Waals surface area (Å²) in [5.41, 5.74) is 0. The summed E-state index contributed by atoms with van der Waals surface area (Å²) in [4.78, 5) is 34.8. The van der Waals surface area contributed by atoms with Crippen LogP contribution in [0.5, 0.6) is 0 Å². The summed E-state index contributed by atoms with van der Waals surface area (Å²) in [5, 5.41) is 0. The molecule has 0 N–H and O–H groups in total. The quantitative estimate of drug-likeness (QED) is 0.654. The molecule has 2 heterocycles. The van der Waals surface area contributed by atoms with E-state index in [1.807, 2.05) is 0 Å². The molecule has 3 atom stereocenters. The third kappa shape index (κ3) is 3.22. The average Bonchev–Trinajstić information content (AvgIpc) is 2.65. The summed E-state index contributed by atoms with van der Waals surface area (Å²) in [7, 11) is 0. The second kappa shape index (κ2) is 5.36. The third-order valence-corrected chi connectivity index (χ3v) is 3.08. The van der Waals surface area contributed by atoms with E-state index in [0.29, 0.717) is 0 Å². The van der Waals surface area contributed by atoms with Gasteiger partial charge in [-0.05, 0) is 13.8 Å². The molecule has 2 aliphatic heterocycles. The second-order valence-electron chi connectivity index (χ2n) is 5.40. The van der Waals surface area contributed by atoms with Gasteiger partial charge in [0.1, 0.15) is 6.61 Å². The predicted octanol–water partition coefficient (Wildman–Crippen LogP) is -0.0717. The van der Waals surface area contributed by atoms with Gasteiger partial charge in [-0.25, -0.2) is 0 Å². The lowest BCUT2D eigenvalue weighted by molar-refractivity contribution is -0.274. The Morgan fingerprint density at radius 2 is 1.76 bits per heavy atom. The van der Waals surface area contributed by atoms with Crippen molar-refractivity contribution in [2.45, 2.75) is 51.5 Å². The minimum atomic E-state index is -1.64. The number of hydrogen-bond donors (Lipinski definition) is 0. The lowest BCUT2D eigenvalue weighted by atomic mass is 9.99. The minimum Gasteiger partial charge on any atom is -0.456 e. The maximum absolute atomic E-state index is 12.6. The van der Waals surface area contributed by atoms with Crippen LogP contribution in [0.25, 0.3) is 0 Å². The number of carbonyl (C=O) groups excluding carboxylic acids is 3. The normalized spacial score (nSPS) is 34.8. The van der Waals surface area contributed by atoms with E-state index >= 15 is 0 Å². The molecular weight excluding hydrogens is 284 g/mol. The number of hydrogen-bond acceptors (Lipinski definition) is 8. The molecule has 0 aromatic carbocycles. The summed E-state index contributed by atoms with van der Waals surface area (Å²) >= 11 is 0. The number of rotatable bonds is 2. The highest BCUT2D eigenvalue weighted by Gasteiger charge is 2.60. The van der Waals surface area contributed by atoms with Crippen molar-refractivity contribution in [2.24, 2.45) is 0 Å². The molecule has 0 aliphatic carbocycles. The Morgan fingerprint density at radius 3 is 2.24 bits per heavy atom. The van der Waals surface area contributed by atoms with Crippen molar-refractivity contribution in [3.63, 3.8) is 0 Å². The van der Waals surface area contributed by atoms with E-state index in [2.05, 4.69) is 0 Å². The number of ether oxygens (including phenoxy) is 5. The van der Waals surface area contributed by atoms with Gasteiger partial charge in [0.15, 0.2) is 11.9 Å². The van der Waals surface area contributed by atoms with Crippen molar-refractivity contribution in [1.82, 2.24) is 0 Å². The molecule has 0 aromatic heterocycles. The zero-order chi connectivity index (χ0) is 15.8. The first kappa shape index (κ1) is 15.9. The van der Waals surface area contributed by atoms with Crippen LogP contribution in [0.4, 0.5) is 0 Å². The van der Waals surface area contributed by atoms with Crippen molar-refractivity contribution in [3.05, 3.63) is 0 Å². The van der Waals surface area contributed by atoms with Gasteiger partial charge >= 0.3 is 11.9 Å². The zero-order valence-corrected chi connectivity index (χ0v) is 12.3.